The van der Waals surface area contributed by atoms with Gasteiger partial charge in [0.15, 0.2) is 0 Å². The smallest absolute Gasteiger partial charge is 0.268 e. The number of ether oxygens (including phenoxy) is 1. The molecule has 132 valence electrons. The van der Waals surface area contributed by atoms with Crippen LogP contribution in [0.15, 0.2) is 54.6 Å². The Bertz CT molecular complexity index is 960. The molecule has 0 unspecified atom stereocenters. The maximum absolute atomic E-state index is 13.3. The Labute approximate surface area is 157 Å². The van der Waals surface area contributed by atoms with Gasteiger partial charge in [0.2, 0.25) is 0 Å². The first-order valence-corrected chi connectivity index (χ1v) is 9.72. The molecule has 4 heteroatoms. The number of carbonyl (C=O) groups excluding carboxylic acids is 1. The van der Waals surface area contributed by atoms with E-state index in [0.717, 1.165) is 44.3 Å². The van der Waals surface area contributed by atoms with Crippen molar-refractivity contribution in [2.75, 3.05) is 11.4 Å². The van der Waals surface area contributed by atoms with Crippen molar-refractivity contribution in [3.63, 3.8) is 0 Å². The number of fused-ring (bicyclic) bond motifs is 3. The third-order valence-electron chi connectivity index (χ3n) is 4.54. The molecule has 0 fully saturated rings. The van der Waals surface area contributed by atoms with Gasteiger partial charge in [0.25, 0.3) is 5.91 Å². The molecular weight excluding hydrogens is 342 g/mol. The lowest BCUT2D eigenvalue weighted by Gasteiger charge is -2.22. The fourth-order valence-corrected chi connectivity index (χ4v) is 4.45. The van der Waals surface area contributed by atoms with Gasteiger partial charge in [-0.15, -0.1) is 11.3 Å². The Hall–Kier alpha value is -2.59. The topological polar surface area (TPSA) is 29.5 Å². The monoisotopic (exact) mass is 363 g/mol. The summed E-state index contributed by atoms with van der Waals surface area (Å²) >= 11 is 1.57. The van der Waals surface area contributed by atoms with Crippen LogP contribution in [0, 0.1) is 6.92 Å². The van der Waals surface area contributed by atoms with Gasteiger partial charge in [-0.1, -0.05) is 31.2 Å². The van der Waals surface area contributed by atoms with E-state index < -0.39 is 0 Å². The highest BCUT2D eigenvalue weighted by atomic mass is 32.1. The third-order valence-corrected chi connectivity index (χ3v) is 5.74. The summed E-state index contributed by atoms with van der Waals surface area (Å²) in [6.45, 7) is 5.38. The molecule has 1 aromatic heterocycles. The first-order chi connectivity index (χ1) is 12.7. The number of rotatable bonds is 4. The van der Waals surface area contributed by atoms with Crippen LogP contribution in [0.5, 0.6) is 5.75 Å². The Balaban J connectivity index is 1.71. The van der Waals surface area contributed by atoms with Crippen molar-refractivity contribution < 1.29 is 9.53 Å². The minimum atomic E-state index is 0.0642. The molecule has 0 bridgehead atoms. The van der Waals surface area contributed by atoms with Crippen LogP contribution in [0.1, 0.15) is 34.1 Å². The van der Waals surface area contributed by atoms with Crippen molar-refractivity contribution >= 4 is 22.9 Å². The van der Waals surface area contributed by atoms with Crippen LogP contribution in [-0.4, -0.2) is 12.5 Å². The highest BCUT2D eigenvalue weighted by Crippen LogP contribution is 2.42. The summed E-state index contributed by atoms with van der Waals surface area (Å²) in [5.41, 5.74) is 4.29. The zero-order chi connectivity index (χ0) is 18.1. The molecule has 0 aliphatic carbocycles. The molecule has 3 nitrogen and oxygen atoms in total. The van der Waals surface area contributed by atoms with Gasteiger partial charge in [0.05, 0.1) is 4.88 Å². The van der Waals surface area contributed by atoms with Crippen molar-refractivity contribution in [2.45, 2.75) is 26.9 Å². The molecule has 0 radical (unpaired) electrons. The standard InChI is InChI=1S/C22H21NO2S/c1-3-11-23(17-8-6-7-15(2)12-17)22(24)20-13-16-14-25-19-10-5-4-9-18(19)21(16)26-20/h4-10,12-13H,3,11,14H2,1-2H3. The molecule has 1 aliphatic rings. The lowest BCUT2D eigenvalue weighted by atomic mass is 10.1. The SMILES string of the molecule is CCCN(C(=O)c1cc2c(s1)-c1ccccc1OC2)c1cccc(C)c1. The first-order valence-electron chi connectivity index (χ1n) is 8.91. The minimum absolute atomic E-state index is 0.0642. The van der Waals surface area contributed by atoms with Gasteiger partial charge in [0, 0.05) is 28.2 Å². The molecule has 0 spiro atoms. The third kappa shape index (κ3) is 3.01. The van der Waals surface area contributed by atoms with Gasteiger partial charge in [-0.25, -0.2) is 0 Å². The van der Waals surface area contributed by atoms with Crippen LogP contribution in [0.2, 0.25) is 0 Å². The van der Waals surface area contributed by atoms with E-state index in [4.69, 9.17) is 4.74 Å². The fraction of sp³-hybridized carbons (Fsp3) is 0.227. The lowest BCUT2D eigenvalue weighted by Crippen LogP contribution is -2.31. The second-order valence-corrected chi connectivity index (χ2v) is 7.60. The van der Waals surface area contributed by atoms with Gasteiger partial charge in [0.1, 0.15) is 12.4 Å². The van der Waals surface area contributed by atoms with Crippen LogP contribution in [0.4, 0.5) is 5.69 Å². The number of hydrogen-bond donors (Lipinski definition) is 0. The molecule has 0 N–H and O–H groups in total. The molecular formula is C22H21NO2S. The van der Waals surface area contributed by atoms with E-state index in [9.17, 15) is 4.79 Å². The number of nitrogens with zero attached hydrogens (tertiary/aromatic N) is 1. The number of amides is 1. The van der Waals surface area contributed by atoms with Gasteiger partial charge >= 0.3 is 0 Å². The van der Waals surface area contributed by atoms with Gasteiger partial charge in [-0.3, -0.25) is 4.79 Å². The Kier molecular flexibility index (Phi) is 4.51. The highest BCUT2D eigenvalue weighted by Gasteiger charge is 2.25. The summed E-state index contributed by atoms with van der Waals surface area (Å²) < 4.78 is 5.83. The Morgan fingerprint density at radius 3 is 2.81 bits per heavy atom. The number of anilines is 1. The molecule has 1 aliphatic heterocycles. The molecule has 26 heavy (non-hydrogen) atoms. The van der Waals surface area contributed by atoms with Crippen molar-refractivity contribution in [2.24, 2.45) is 0 Å². The lowest BCUT2D eigenvalue weighted by molar-refractivity contribution is 0.0990. The van der Waals surface area contributed by atoms with Gasteiger partial charge in [-0.2, -0.15) is 0 Å². The normalized spacial score (nSPS) is 12.1. The van der Waals surface area contributed by atoms with Crippen LogP contribution >= 0.6 is 11.3 Å². The summed E-state index contributed by atoms with van der Waals surface area (Å²) in [4.78, 5) is 17.1. The average molecular weight is 363 g/mol. The van der Waals surface area contributed by atoms with E-state index in [1.54, 1.807) is 11.3 Å². The zero-order valence-electron chi connectivity index (χ0n) is 15.0. The summed E-state index contributed by atoms with van der Waals surface area (Å²) in [6, 6.07) is 18.2. The second kappa shape index (κ2) is 6.96. The van der Waals surface area contributed by atoms with Crippen LogP contribution in [0.25, 0.3) is 10.4 Å². The zero-order valence-corrected chi connectivity index (χ0v) is 15.8. The van der Waals surface area contributed by atoms with E-state index in [1.807, 2.05) is 41.3 Å². The van der Waals surface area contributed by atoms with Crippen molar-refractivity contribution in [3.05, 3.63) is 70.6 Å². The quantitative estimate of drug-likeness (QED) is 0.597. The molecule has 2 heterocycles. The fourth-order valence-electron chi connectivity index (χ4n) is 3.31. The molecule has 3 aromatic rings. The van der Waals surface area contributed by atoms with E-state index in [1.165, 1.54) is 0 Å². The predicted molar refractivity (Wildman–Crippen MR) is 107 cm³/mol. The maximum atomic E-state index is 13.3. The average Bonchev–Trinajstić information content (AvgIpc) is 3.10. The largest absolute Gasteiger partial charge is 0.488 e. The minimum Gasteiger partial charge on any atom is -0.488 e. The number of carbonyl (C=O) groups is 1. The van der Waals surface area contributed by atoms with Gasteiger partial charge in [-0.05, 0) is 49.2 Å². The van der Waals surface area contributed by atoms with Crippen molar-refractivity contribution in [1.29, 1.82) is 0 Å². The highest BCUT2D eigenvalue weighted by molar-refractivity contribution is 7.17. The second-order valence-electron chi connectivity index (χ2n) is 6.55. The van der Waals surface area contributed by atoms with Crippen LogP contribution in [0.3, 0.4) is 0 Å². The number of benzene rings is 2. The molecule has 1 amide bonds. The summed E-state index contributed by atoms with van der Waals surface area (Å²) in [5.74, 6) is 0.958. The van der Waals surface area contributed by atoms with E-state index in [-0.39, 0.29) is 5.91 Å². The van der Waals surface area contributed by atoms with Crippen molar-refractivity contribution in [3.8, 4) is 16.2 Å². The number of para-hydroxylation sites is 1. The first kappa shape index (κ1) is 16.9. The predicted octanol–water partition coefficient (Wildman–Crippen LogP) is 5.67. The molecule has 0 saturated heterocycles. The van der Waals surface area contributed by atoms with E-state index >= 15 is 0 Å². The maximum Gasteiger partial charge on any atom is 0.268 e. The number of thiophene rings is 1. The molecule has 0 saturated carbocycles. The summed E-state index contributed by atoms with van der Waals surface area (Å²) in [5, 5.41) is 0. The molecule has 2 aromatic carbocycles. The molecule has 0 atom stereocenters. The van der Waals surface area contributed by atoms with E-state index in [2.05, 4.69) is 32.0 Å². The van der Waals surface area contributed by atoms with Crippen LogP contribution < -0.4 is 9.64 Å². The Morgan fingerprint density at radius 2 is 2.00 bits per heavy atom. The molecule has 4 rings (SSSR count). The Morgan fingerprint density at radius 1 is 1.15 bits per heavy atom. The van der Waals surface area contributed by atoms with Crippen molar-refractivity contribution in [1.82, 2.24) is 0 Å². The van der Waals surface area contributed by atoms with Crippen LogP contribution in [-0.2, 0) is 6.61 Å². The van der Waals surface area contributed by atoms with E-state index in [0.29, 0.717) is 13.2 Å². The number of hydrogen-bond acceptors (Lipinski definition) is 3. The summed E-state index contributed by atoms with van der Waals surface area (Å²) in [7, 11) is 0. The summed E-state index contributed by atoms with van der Waals surface area (Å²) in [6.07, 6.45) is 0.913. The van der Waals surface area contributed by atoms with Gasteiger partial charge < -0.3 is 9.64 Å². The number of aryl methyl sites for hydroxylation is 1.